The van der Waals surface area contributed by atoms with Crippen LogP contribution in [-0.2, 0) is 22.0 Å². The van der Waals surface area contributed by atoms with Crippen LogP contribution >= 0.6 is 0 Å². The van der Waals surface area contributed by atoms with E-state index < -0.39 is 20.8 Å². The summed E-state index contributed by atoms with van der Waals surface area (Å²) in [5.74, 6) is 0.733. The molecule has 0 aromatic heterocycles. The maximum Gasteiger partial charge on any atom is 0.242 e. The lowest BCUT2D eigenvalue weighted by atomic mass is 9.86. The van der Waals surface area contributed by atoms with E-state index in [0.717, 1.165) is 29.1 Å². The number of nitrogens with zero attached hydrogens (tertiary/aromatic N) is 2. The molecule has 2 aliphatic heterocycles. The number of hydrogen-bond acceptors (Lipinski definition) is 5. The van der Waals surface area contributed by atoms with Gasteiger partial charge in [0.15, 0.2) is 0 Å². The molecule has 2 aliphatic rings. The third-order valence-electron chi connectivity index (χ3n) is 5.08. The van der Waals surface area contributed by atoms with Gasteiger partial charge in [0.2, 0.25) is 16.0 Å². The van der Waals surface area contributed by atoms with Gasteiger partial charge in [-0.2, -0.15) is 0 Å². The molecule has 0 saturated heterocycles. The lowest BCUT2D eigenvalue weighted by Crippen LogP contribution is -2.56. The van der Waals surface area contributed by atoms with Gasteiger partial charge >= 0.3 is 0 Å². The van der Waals surface area contributed by atoms with Crippen molar-refractivity contribution in [3.8, 4) is 5.75 Å². The van der Waals surface area contributed by atoms with E-state index >= 15 is 0 Å². The van der Waals surface area contributed by atoms with Gasteiger partial charge in [0, 0.05) is 19.0 Å². The van der Waals surface area contributed by atoms with Crippen LogP contribution in [0, 0.1) is 0 Å². The fraction of sp³-hybridized carbons (Fsp3) is 0.588. The number of aryl methyl sites for hydroxylation is 1. The number of rotatable bonds is 3. The third-order valence-corrected chi connectivity index (χ3v) is 7.45. The summed E-state index contributed by atoms with van der Waals surface area (Å²) in [6.07, 6.45) is 3.54. The van der Waals surface area contributed by atoms with E-state index in [2.05, 4.69) is 18.0 Å². The van der Waals surface area contributed by atoms with E-state index in [-0.39, 0.29) is 5.96 Å². The summed E-state index contributed by atoms with van der Waals surface area (Å²) in [5.41, 5.74) is 6.99. The van der Waals surface area contributed by atoms with Crippen molar-refractivity contribution in [3.05, 3.63) is 29.3 Å². The molecule has 0 bridgehead atoms. The van der Waals surface area contributed by atoms with Gasteiger partial charge in [-0.25, -0.2) is 17.7 Å². The van der Waals surface area contributed by atoms with E-state index in [1.807, 2.05) is 19.1 Å². The van der Waals surface area contributed by atoms with Gasteiger partial charge in [-0.3, -0.25) is 0 Å². The summed E-state index contributed by atoms with van der Waals surface area (Å²) in [5, 5.41) is -0.676. The number of guanidine groups is 1. The highest BCUT2D eigenvalue weighted by Crippen LogP contribution is 2.45. The Labute approximate surface area is 143 Å². The molecule has 1 aromatic rings. The molecule has 0 radical (unpaired) electrons. The molecule has 3 rings (SSSR count). The first-order valence-corrected chi connectivity index (χ1v) is 9.90. The Hall–Kier alpha value is -1.76. The summed E-state index contributed by atoms with van der Waals surface area (Å²) in [6.45, 7) is 4.36. The summed E-state index contributed by atoms with van der Waals surface area (Å²) in [6, 6.07) is 6.03. The SMILES string of the molecule is CCCCc1ccc2c(c1)[C@@]1(C)N=C(N)N(C)S(=O)(=O)[C@H]1CCO2. The van der Waals surface area contributed by atoms with Crippen LogP contribution < -0.4 is 10.5 Å². The van der Waals surface area contributed by atoms with Gasteiger partial charge in [-0.1, -0.05) is 19.4 Å². The fourth-order valence-electron chi connectivity index (χ4n) is 3.57. The predicted molar refractivity (Wildman–Crippen MR) is 94.6 cm³/mol. The molecular formula is C17H25N3O3S. The molecule has 1 aromatic carbocycles. The molecular weight excluding hydrogens is 326 g/mol. The maximum atomic E-state index is 12.9. The van der Waals surface area contributed by atoms with Gasteiger partial charge in [-0.15, -0.1) is 0 Å². The zero-order valence-electron chi connectivity index (χ0n) is 14.4. The molecule has 2 atom stereocenters. The van der Waals surface area contributed by atoms with Crippen LogP contribution in [0.25, 0.3) is 0 Å². The average molecular weight is 351 g/mol. The topological polar surface area (TPSA) is 85.0 Å². The van der Waals surface area contributed by atoms with Crippen LogP contribution in [-0.4, -0.2) is 37.6 Å². The van der Waals surface area contributed by atoms with Crippen LogP contribution in [0.15, 0.2) is 23.2 Å². The Balaban J connectivity index is 2.17. The Morgan fingerprint density at radius 3 is 2.92 bits per heavy atom. The number of sulfonamides is 1. The highest BCUT2D eigenvalue weighted by Gasteiger charge is 2.52. The first-order valence-electron chi connectivity index (χ1n) is 8.40. The molecule has 0 spiro atoms. The van der Waals surface area contributed by atoms with Crippen molar-refractivity contribution in [1.29, 1.82) is 0 Å². The fourth-order valence-corrected chi connectivity index (χ4v) is 5.40. The van der Waals surface area contributed by atoms with Gasteiger partial charge < -0.3 is 10.5 Å². The Morgan fingerprint density at radius 1 is 1.46 bits per heavy atom. The zero-order chi connectivity index (χ0) is 17.5. The van der Waals surface area contributed by atoms with Crippen LogP contribution in [0.4, 0.5) is 0 Å². The van der Waals surface area contributed by atoms with Crippen LogP contribution in [0.2, 0.25) is 0 Å². The lowest BCUT2D eigenvalue weighted by molar-refractivity contribution is 0.310. The first kappa shape index (κ1) is 17.1. The number of fused-ring (bicyclic) bond motifs is 3. The van der Waals surface area contributed by atoms with Crippen molar-refractivity contribution in [2.75, 3.05) is 13.7 Å². The predicted octanol–water partition coefficient (Wildman–Crippen LogP) is 1.99. The number of aliphatic imine (C=N–C) groups is 1. The summed E-state index contributed by atoms with van der Waals surface area (Å²) >= 11 is 0. The smallest absolute Gasteiger partial charge is 0.242 e. The minimum atomic E-state index is -3.57. The number of nitrogens with two attached hydrogens (primary N) is 1. The second kappa shape index (κ2) is 5.95. The molecule has 6 nitrogen and oxygen atoms in total. The van der Waals surface area contributed by atoms with Gasteiger partial charge in [0.1, 0.15) is 16.5 Å². The van der Waals surface area contributed by atoms with Gasteiger partial charge in [-0.05, 0) is 37.5 Å². The van der Waals surface area contributed by atoms with Crippen LogP contribution in [0.1, 0.15) is 44.2 Å². The molecule has 132 valence electrons. The second-order valence-corrected chi connectivity index (χ2v) is 8.84. The summed E-state index contributed by atoms with van der Waals surface area (Å²) in [7, 11) is -2.11. The molecule has 0 aliphatic carbocycles. The van der Waals surface area contributed by atoms with E-state index in [1.54, 1.807) is 0 Å². The van der Waals surface area contributed by atoms with Crippen molar-refractivity contribution in [3.63, 3.8) is 0 Å². The Bertz CT molecular complexity index is 775. The molecule has 0 saturated carbocycles. The minimum absolute atomic E-state index is 0.0283. The number of benzene rings is 1. The minimum Gasteiger partial charge on any atom is -0.493 e. The quantitative estimate of drug-likeness (QED) is 0.902. The normalized spacial score (nSPS) is 28.2. The second-order valence-electron chi connectivity index (χ2n) is 6.69. The summed E-state index contributed by atoms with van der Waals surface area (Å²) < 4.78 is 32.7. The van der Waals surface area contributed by atoms with E-state index in [0.29, 0.717) is 18.8 Å². The lowest BCUT2D eigenvalue weighted by Gasteiger charge is -2.40. The number of unbranched alkanes of at least 4 members (excludes halogenated alkanes) is 1. The van der Waals surface area contributed by atoms with E-state index in [9.17, 15) is 8.42 Å². The van der Waals surface area contributed by atoms with Gasteiger partial charge in [0.05, 0.1) is 6.61 Å². The number of hydrogen-bond donors (Lipinski definition) is 1. The third kappa shape index (κ3) is 2.55. The molecule has 7 heteroatoms. The average Bonchev–Trinajstić information content (AvgIpc) is 2.68. The molecule has 0 unspecified atom stereocenters. The molecule has 0 fully saturated rings. The maximum absolute atomic E-state index is 12.9. The largest absolute Gasteiger partial charge is 0.493 e. The molecule has 0 amide bonds. The van der Waals surface area contributed by atoms with Crippen LogP contribution in [0.5, 0.6) is 5.75 Å². The molecule has 24 heavy (non-hydrogen) atoms. The monoisotopic (exact) mass is 351 g/mol. The Kier molecular flexibility index (Phi) is 4.23. The van der Waals surface area contributed by atoms with Crippen molar-refractivity contribution >= 4 is 16.0 Å². The molecule has 2 heterocycles. The molecule has 2 N–H and O–H groups in total. The highest BCUT2D eigenvalue weighted by molar-refractivity contribution is 7.90. The van der Waals surface area contributed by atoms with Crippen molar-refractivity contribution in [1.82, 2.24) is 4.31 Å². The standard InChI is InChI=1S/C17H25N3O3S/c1-4-5-6-12-7-8-14-13(11-12)17(2)15(9-10-23-14)24(21,22)20(3)16(18)19-17/h7-8,11,15H,4-6,9-10H2,1-3H3,(H2,18,19)/t15-,17+/m0/s1. The highest BCUT2D eigenvalue weighted by atomic mass is 32.2. The number of ether oxygens (including phenoxy) is 1. The van der Waals surface area contributed by atoms with Crippen molar-refractivity contribution < 1.29 is 13.2 Å². The zero-order valence-corrected chi connectivity index (χ0v) is 15.3. The van der Waals surface area contributed by atoms with Crippen molar-refractivity contribution in [2.24, 2.45) is 10.7 Å². The van der Waals surface area contributed by atoms with Crippen molar-refractivity contribution in [2.45, 2.75) is 50.3 Å². The van der Waals surface area contributed by atoms with E-state index in [4.69, 9.17) is 10.5 Å². The van der Waals surface area contributed by atoms with Gasteiger partial charge in [0.25, 0.3) is 0 Å². The first-order chi connectivity index (χ1) is 11.3. The Morgan fingerprint density at radius 2 is 2.21 bits per heavy atom. The summed E-state index contributed by atoms with van der Waals surface area (Å²) in [4.78, 5) is 4.60. The van der Waals surface area contributed by atoms with Crippen LogP contribution in [0.3, 0.4) is 0 Å². The van der Waals surface area contributed by atoms with E-state index in [1.165, 1.54) is 12.6 Å².